The molecule has 1 aromatic rings. The van der Waals surface area contributed by atoms with Crippen molar-refractivity contribution >= 4 is 11.9 Å². The summed E-state index contributed by atoms with van der Waals surface area (Å²) in [7, 11) is 1.40. The van der Waals surface area contributed by atoms with Gasteiger partial charge in [0.1, 0.15) is 6.04 Å². The van der Waals surface area contributed by atoms with E-state index in [9.17, 15) is 9.59 Å². The van der Waals surface area contributed by atoms with Crippen molar-refractivity contribution in [2.75, 3.05) is 20.2 Å². The lowest BCUT2D eigenvalue weighted by molar-refractivity contribution is -0.149. The van der Waals surface area contributed by atoms with Crippen LogP contribution >= 0.6 is 0 Å². The molecule has 5 heteroatoms. The lowest BCUT2D eigenvalue weighted by atomic mass is 9.96. The number of amides is 1. The molecule has 1 aliphatic rings. The van der Waals surface area contributed by atoms with Gasteiger partial charge in [-0.2, -0.15) is 0 Å². The average Bonchev–Trinajstić information content (AvgIpc) is 2.53. The largest absolute Gasteiger partial charge is 0.469 e. The third-order valence-corrected chi connectivity index (χ3v) is 4.04. The van der Waals surface area contributed by atoms with Crippen LogP contribution in [0, 0.1) is 12.8 Å². The molecule has 0 spiro atoms. The van der Waals surface area contributed by atoms with Crippen molar-refractivity contribution in [1.82, 2.24) is 4.90 Å². The summed E-state index contributed by atoms with van der Waals surface area (Å²) in [4.78, 5) is 25.6. The summed E-state index contributed by atoms with van der Waals surface area (Å²) in [6.45, 7) is 3.10. The molecule has 2 rings (SSSR count). The van der Waals surface area contributed by atoms with Gasteiger partial charge in [-0.25, -0.2) is 0 Å². The van der Waals surface area contributed by atoms with Crippen LogP contribution in [0.5, 0.6) is 0 Å². The number of carbonyl (C=O) groups excluding carboxylic acids is 2. The molecule has 1 unspecified atom stereocenters. The van der Waals surface area contributed by atoms with E-state index in [4.69, 9.17) is 10.5 Å². The minimum Gasteiger partial charge on any atom is -0.469 e. The maximum Gasteiger partial charge on any atom is 0.308 e. The first-order valence-corrected chi connectivity index (χ1v) is 7.21. The van der Waals surface area contributed by atoms with Crippen LogP contribution < -0.4 is 5.73 Å². The number of ether oxygens (including phenoxy) is 1. The van der Waals surface area contributed by atoms with Gasteiger partial charge >= 0.3 is 5.97 Å². The molecule has 0 aromatic heterocycles. The van der Waals surface area contributed by atoms with E-state index in [2.05, 4.69) is 0 Å². The van der Waals surface area contributed by atoms with Gasteiger partial charge in [-0.05, 0) is 25.3 Å². The summed E-state index contributed by atoms with van der Waals surface area (Å²) in [5, 5.41) is 0. The fourth-order valence-electron chi connectivity index (χ4n) is 2.62. The molecule has 1 heterocycles. The van der Waals surface area contributed by atoms with Crippen molar-refractivity contribution in [2.45, 2.75) is 25.8 Å². The second kappa shape index (κ2) is 6.72. The standard InChI is InChI=1S/C16H22N2O3/c1-11-3-5-12(6-4-11)14(17)15(19)18-9-7-13(8-10-18)16(20)21-2/h3-6,13-14H,7-10,17H2,1-2H3. The molecule has 1 aromatic carbocycles. The van der Waals surface area contributed by atoms with Crippen LogP contribution in [0.1, 0.15) is 30.0 Å². The highest BCUT2D eigenvalue weighted by Gasteiger charge is 2.30. The third kappa shape index (κ3) is 3.61. The Kier molecular flexibility index (Phi) is 4.96. The first-order valence-electron chi connectivity index (χ1n) is 7.21. The Balaban J connectivity index is 1.95. The first-order chi connectivity index (χ1) is 10.0. The molecule has 21 heavy (non-hydrogen) atoms. The zero-order valence-electron chi connectivity index (χ0n) is 12.5. The molecule has 0 bridgehead atoms. The predicted octanol–water partition coefficient (Wildman–Crippen LogP) is 1.41. The Labute approximate surface area is 125 Å². The number of rotatable bonds is 3. The average molecular weight is 290 g/mol. The highest BCUT2D eigenvalue weighted by molar-refractivity contribution is 5.83. The number of aryl methyl sites for hydroxylation is 1. The van der Waals surface area contributed by atoms with Gasteiger partial charge in [0.05, 0.1) is 13.0 Å². The monoisotopic (exact) mass is 290 g/mol. The van der Waals surface area contributed by atoms with Crippen molar-refractivity contribution < 1.29 is 14.3 Å². The highest BCUT2D eigenvalue weighted by atomic mass is 16.5. The minimum absolute atomic E-state index is 0.0813. The zero-order valence-corrected chi connectivity index (χ0v) is 12.5. The van der Waals surface area contributed by atoms with Gasteiger partial charge in [-0.15, -0.1) is 0 Å². The van der Waals surface area contributed by atoms with E-state index in [1.807, 2.05) is 31.2 Å². The molecule has 2 N–H and O–H groups in total. The number of nitrogens with zero attached hydrogens (tertiary/aromatic N) is 1. The quantitative estimate of drug-likeness (QED) is 0.854. The van der Waals surface area contributed by atoms with Crippen LogP contribution in [0.25, 0.3) is 0 Å². The molecule has 0 radical (unpaired) electrons. The second-order valence-electron chi connectivity index (χ2n) is 5.51. The van der Waals surface area contributed by atoms with Crippen LogP contribution in [0.2, 0.25) is 0 Å². The molecule has 1 saturated heterocycles. The van der Waals surface area contributed by atoms with Crippen molar-refractivity contribution in [3.63, 3.8) is 0 Å². The first kappa shape index (κ1) is 15.5. The minimum atomic E-state index is -0.639. The Bertz CT molecular complexity index is 505. The van der Waals surface area contributed by atoms with Crippen molar-refractivity contribution in [3.05, 3.63) is 35.4 Å². The summed E-state index contributed by atoms with van der Waals surface area (Å²) in [5.74, 6) is -0.373. The molecule has 1 amide bonds. The number of hydrogen-bond donors (Lipinski definition) is 1. The van der Waals surface area contributed by atoms with E-state index in [-0.39, 0.29) is 17.8 Å². The number of piperidine rings is 1. The smallest absolute Gasteiger partial charge is 0.308 e. The number of hydrogen-bond acceptors (Lipinski definition) is 4. The van der Waals surface area contributed by atoms with E-state index in [1.165, 1.54) is 7.11 Å². The summed E-state index contributed by atoms with van der Waals surface area (Å²) in [5.41, 5.74) is 8.01. The number of methoxy groups -OCH3 is 1. The zero-order chi connectivity index (χ0) is 15.4. The SMILES string of the molecule is COC(=O)C1CCN(C(=O)C(N)c2ccc(C)cc2)CC1. The molecule has 1 fully saturated rings. The van der Waals surface area contributed by atoms with Crippen LogP contribution in [0.15, 0.2) is 24.3 Å². The molecule has 1 aliphatic heterocycles. The number of benzene rings is 1. The van der Waals surface area contributed by atoms with Gasteiger partial charge in [0, 0.05) is 13.1 Å². The summed E-state index contributed by atoms with van der Waals surface area (Å²) < 4.78 is 4.75. The number of carbonyl (C=O) groups is 2. The van der Waals surface area contributed by atoms with E-state index in [0.29, 0.717) is 25.9 Å². The molecular formula is C16H22N2O3. The van der Waals surface area contributed by atoms with Gasteiger partial charge in [0.2, 0.25) is 5.91 Å². The fourth-order valence-corrected chi connectivity index (χ4v) is 2.62. The maximum absolute atomic E-state index is 12.4. The van der Waals surface area contributed by atoms with Gasteiger partial charge < -0.3 is 15.4 Å². The lowest BCUT2D eigenvalue weighted by Gasteiger charge is -2.32. The second-order valence-corrected chi connectivity index (χ2v) is 5.51. The fraction of sp³-hybridized carbons (Fsp3) is 0.500. The summed E-state index contributed by atoms with van der Waals surface area (Å²) in [6.07, 6.45) is 1.28. The van der Waals surface area contributed by atoms with E-state index < -0.39 is 6.04 Å². The van der Waals surface area contributed by atoms with E-state index >= 15 is 0 Å². The normalized spacial score (nSPS) is 17.4. The molecule has 0 aliphatic carbocycles. The number of nitrogens with two attached hydrogens (primary N) is 1. The topological polar surface area (TPSA) is 72.6 Å². The Morgan fingerprint density at radius 1 is 1.24 bits per heavy atom. The predicted molar refractivity (Wildman–Crippen MR) is 79.4 cm³/mol. The van der Waals surface area contributed by atoms with Gasteiger partial charge in [-0.3, -0.25) is 9.59 Å². The van der Waals surface area contributed by atoms with Crippen molar-refractivity contribution in [3.8, 4) is 0 Å². The van der Waals surface area contributed by atoms with Crippen LogP contribution in [-0.2, 0) is 14.3 Å². The van der Waals surface area contributed by atoms with E-state index in [1.54, 1.807) is 4.90 Å². The van der Waals surface area contributed by atoms with Crippen molar-refractivity contribution in [2.24, 2.45) is 11.7 Å². The van der Waals surface area contributed by atoms with Crippen molar-refractivity contribution in [1.29, 1.82) is 0 Å². The maximum atomic E-state index is 12.4. The van der Waals surface area contributed by atoms with Crippen LogP contribution in [0.3, 0.4) is 0 Å². The number of likely N-dealkylation sites (tertiary alicyclic amines) is 1. The van der Waals surface area contributed by atoms with Gasteiger partial charge in [-0.1, -0.05) is 29.8 Å². The Hall–Kier alpha value is -1.88. The molecule has 1 atom stereocenters. The van der Waals surface area contributed by atoms with Gasteiger partial charge in [0.25, 0.3) is 0 Å². The highest BCUT2D eigenvalue weighted by Crippen LogP contribution is 2.21. The molecule has 114 valence electrons. The summed E-state index contributed by atoms with van der Waals surface area (Å²) >= 11 is 0. The molecule has 5 nitrogen and oxygen atoms in total. The van der Waals surface area contributed by atoms with E-state index in [0.717, 1.165) is 11.1 Å². The molecule has 0 saturated carbocycles. The number of esters is 1. The van der Waals surface area contributed by atoms with Gasteiger partial charge in [0.15, 0.2) is 0 Å². The Morgan fingerprint density at radius 3 is 2.33 bits per heavy atom. The lowest BCUT2D eigenvalue weighted by Crippen LogP contribution is -2.44. The van der Waals surface area contributed by atoms with Crippen LogP contribution in [-0.4, -0.2) is 37.0 Å². The molecular weight excluding hydrogens is 268 g/mol. The van der Waals surface area contributed by atoms with Crippen LogP contribution in [0.4, 0.5) is 0 Å². The Morgan fingerprint density at radius 2 is 1.81 bits per heavy atom. The summed E-state index contributed by atoms with van der Waals surface area (Å²) in [6, 6.07) is 7.04. The third-order valence-electron chi connectivity index (χ3n) is 4.04.